The summed E-state index contributed by atoms with van der Waals surface area (Å²) in [5.74, 6) is -0.458. The third kappa shape index (κ3) is 6.46. The van der Waals surface area contributed by atoms with Gasteiger partial charge in [0.15, 0.2) is 0 Å². The lowest BCUT2D eigenvalue weighted by atomic mass is 9.82. The molecular formula is C28H24ClF3N4O3. The summed E-state index contributed by atoms with van der Waals surface area (Å²) in [6, 6.07) is 16.5. The summed E-state index contributed by atoms with van der Waals surface area (Å²) in [6.45, 7) is 3.74. The van der Waals surface area contributed by atoms with E-state index >= 15 is 0 Å². The molecule has 4 aromatic rings. The second-order valence-electron chi connectivity index (χ2n) is 9.70. The van der Waals surface area contributed by atoms with E-state index in [9.17, 15) is 27.6 Å². The second-order valence-corrected chi connectivity index (χ2v) is 10.1. The van der Waals surface area contributed by atoms with E-state index in [4.69, 9.17) is 11.6 Å². The summed E-state index contributed by atoms with van der Waals surface area (Å²) in [6.07, 6.45) is -3.28. The number of carbonyl (C=O) groups is 1. The van der Waals surface area contributed by atoms with E-state index in [-0.39, 0.29) is 17.1 Å². The van der Waals surface area contributed by atoms with Crippen LogP contribution in [-0.2, 0) is 12.6 Å². The van der Waals surface area contributed by atoms with Crippen molar-refractivity contribution in [2.75, 3.05) is 10.6 Å². The minimum Gasteiger partial charge on any atom is -0.360 e. The van der Waals surface area contributed by atoms with Gasteiger partial charge in [-0.2, -0.15) is 13.2 Å². The number of halogens is 4. The monoisotopic (exact) mass is 556 g/mol. The van der Waals surface area contributed by atoms with Crippen molar-refractivity contribution in [2.24, 2.45) is 5.41 Å². The number of hydrogen-bond acceptors (Lipinski definition) is 6. The number of pyridine rings is 1. The number of anilines is 3. The largest absolute Gasteiger partial charge is 0.417 e. The van der Waals surface area contributed by atoms with Gasteiger partial charge in [-0.25, -0.2) is 0 Å². The Bertz CT molecular complexity index is 1550. The molecule has 39 heavy (non-hydrogen) atoms. The molecule has 7 nitrogen and oxygen atoms in total. The number of hydrogen-bond donors (Lipinski definition) is 3. The van der Waals surface area contributed by atoms with Gasteiger partial charge in [0, 0.05) is 22.2 Å². The van der Waals surface area contributed by atoms with Crippen molar-refractivity contribution in [1.82, 2.24) is 10.3 Å². The fraction of sp³-hybridized carbons (Fsp3) is 0.214. The Kier molecular flexibility index (Phi) is 7.78. The Balaban J connectivity index is 1.65. The van der Waals surface area contributed by atoms with Crippen LogP contribution in [0.3, 0.4) is 0 Å². The van der Waals surface area contributed by atoms with E-state index < -0.39 is 40.1 Å². The van der Waals surface area contributed by atoms with Crippen molar-refractivity contribution in [3.05, 3.63) is 115 Å². The topological polar surface area (TPSA) is 100 Å². The predicted octanol–water partition coefficient (Wildman–Crippen LogP) is 5.53. The highest BCUT2D eigenvalue weighted by Crippen LogP contribution is 2.32. The maximum atomic E-state index is 13.1. The van der Waals surface area contributed by atoms with Crippen LogP contribution in [-0.4, -0.2) is 17.1 Å². The van der Waals surface area contributed by atoms with E-state index in [1.807, 2.05) is 44.2 Å². The molecule has 0 saturated heterocycles. The van der Waals surface area contributed by atoms with Crippen molar-refractivity contribution in [3.63, 3.8) is 0 Å². The van der Waals surface area contributed by atoms with Crippen molar-refractivity contribution in [1.29, 1.82) is 0 Å². The lowest BCUT2D eigenvalue weighted by molar-refractivity contribution is -0.137. The molecule has 1 aromatic heterocycles. The first-order valence-electron chi connectivity index (χ1n) is 11.8. The first-order valence-corrected chi connectivity index (χ1v) is 12.2. The quantitative estimate of drug-likeness (QED) is 0.185. The van der Waals surface area contributed by atoms with Gasteiger partial charge in [0.2, 0.25) is 0 Å². The molecule has 3 N–H and O–H groups in total. The van der Waals surface area contributed by atoms with E-state index in [0.717, 1.165) is 17.8 Å². The minimum atomic E-state index is -4.64. The number of alkyl halides is 3. The fourth-order valence-corrected chi connectivity index (χ4v) is 4.19. The van der Waals surface area contributed by atoms with E-state index in [1.54, 1.807) is 24.3 Å². The van der Waals surface area contributed by atoms with Crippen molar-refractivity contribution < 1.29 is 18.0 Å². The molecule has 1 unspecified atom stereocenters. The SMILES string of the molecule is CC(C)(Cc1ccccc1)C(NC(=O)c1ccc(Cl)cc1)Nc1c(Nc2cncc(C(F)(F)F)c2)c(=O)c1=O. The molecule has 0 radical (unpaired) electrons. The molecule has 1 amide bonds. The molecule has 0 fully saturated rings. The average molecular weight is 557 g/mol. The number of nitrogens with zero attached hydrogens (tertiary/aromatic N) is 1. The van der Waals surface area contributed by atoms with Gasteiger partial charge < -0.3 is 16.0 Å². The maximum Gasteiger partial charge on any atom is 0.417 e. The first kappa shape index (κ1) is 27.8. The Morgan fingerprint density at radius 3 is 2.23 bits per heavy atom. The van der Waals surface area contributed by atoms with Crippen molar-refractivity contribution in [3.8, 4) is 0 Å². The number of nitrogens with one attached hydrogen (secondary N) is 3. The second kappa shape index (κ2) is 10.9. The summed E-state index contributed by atoms with van der Waals surface area (Å²) in [5.41, 5.74) is -2.70. The normalized spacial score (nSPS) is 12.7. The lowest BCUT2D eigenvalue weighted by Gasteiger charge is -2.37. The summed E-state index contributed by atoms with van der Waals surface area (Å²) in [4.78, 5) is 41.7. The van der Waals surface area contributed by atoms with Crippen LogP contribution in [0.25, 0.3) is 0 Å². The molecule has 0 bridgehead atoms. The number of aromatic nitrogens is 1. The lowest BCUT2D eigenvalue weighted by Crippen LogP contribution is -2.53. The molecule has 0 saturated carbocycles. The molecule has 202 valence electrons. The van der Waals surface area contributed by atoms with Crippen molar-refractivity contribution in [2.45, 2.75) is 32.6 Å². The molecule has 0 aliphatic carbocycles. The van der Waals surface area contributed by atoms with Gasteiger partial charge in [-0.3, -0.25) is 19.4 Å². The summed E-state index contributed by atoms with van der Waals surface area (Å²) < 4.78 is 39.4. The van der Waals surface area contributed by atoms with Gasteiger partial charge in [-0.1, -0.05) is 55.8 Å². The zero-order valence-electron chi connectivity index (χ0n) is 20.9. The van der Waals surface area contributed by atoms with Crippen LogP contribution in [0.15, 0.2) is 82.6 Å². The molecule has 3 aromatic carbocycles. The standard InChI is InChI=1S/C28H24ClF3N4O3/c1-27(2,13-16-6-4-3-5-7-16)26(36-25(39)17-8-10-19(29)11-9-17)35-22-21(23(37)24(22)38)34-20-12-18(14-33-15-20)28(30,31)32/h3-12,14-15,26,34-35H,13H2,1-2H3,(H,36,39). The highest BCUT2D eigenvalue weighted by atomic mass is 35.5. The van der Waals surface area contributed by atoms with E-state index in [2.05, 4.69) is 20.9 Å². The number of benzene rings is 2. The minimum absolute atomic E-state index is 0.120. The maximum absolute atomic E-state index is 13.1. The Morgan fingerprint density at radius 1 is 0.949 bits per heavy atom. The fourth-order valence-electron chi connectivity index (χ4n) is 4.07. The number of rotatable bonds is 9. The Morgan fingerprint density at radius 2 is 1.59 bits per heavy atom. The molecular weight excluding hydrogens is 533 g/mol. The van der Waals surface area contributed by atoms with Gasteiger partial charge in [0.25, 0.3) is 16.8 Å². The molecule has 1 heterocycles. The molecule has 0 aliphatic heterocycles. The van der Waals surface area contributed by atoms with Gasteiger partial charge >= 0.3 is 6.18 Å². The third-order valence-electron chi connectivity index (χ3n) is 6.20. The molecule has 1 atom stereocenters. The van der Waals surface area contributed by atoms with Crippen LogP contribution >= 0.6 is 11.6 Å². The summed E-state index contributed by atoms with van der Waals surface area (Å²) in [7, 11) is 0. The highest BCUT2D eigenvalue weighted by molar-refractivity contribution is 6.30. The van der Waals surface area contributed by atoms with Crippen LogP contribution in [0.5, 0.6) is 0 Å². The molecule has 11 heteroatoms. The van der Waals surface area contributed by atoms with Gasteiger partial charge in [-0.05, 0) is 42.3 Å². The van der Waals surface area contributed by atoms with Crippen LogP contribution in [0.4, 0.5) is 30.2 Å². The number of carbonyl (C=O) groups excluding carboxylic acids is 1. The zero-order valence-corrected chi connectivity index (χ0v) is 21.7. The first-order chi connectivity index (χ1) is 18.3. The van der Waals surface area contributed by atoms with Crippen LogP contribution in [0, 0.1) is 5.41 Å². The van der Waals surface area contributed by atoms with Crippen molar-refractivity contribution >= 4 is 34.6 Å². The Labute approximate surface area is 226 Å². The van der Waals surface area contributed by atoms with Crippen LogP contribution < -0.4 is 26.8 Å². The third-order valence-corrected chi connectivity index (χ3v) is 6.45. The van der Waals surface area contributed by atoms with Crippen LogP contribution in [0.2, 0.25) is 5.02 Å². The van der Waals surface area contributed by atoms with Crippen LogP contribution in [0.1, 0.15) is 35.3 Å². The summed E-state index contributed by atoms with van der Waals surface area (Å²) >= 11 is 5.93. The van der Waals surface area contributed by atoms with Gasteiger partial charge in [-0.15, -0.1) is 0 Å². The smallest absolute Gasteiger partial charge is 0.360 e. The highest BCUT2D eigenvalue weighted by Gasteiger charge is 2.35. The summed E-state index contributed by atoms with van der Waals surface area (Å²) in [5, 5.41) is 8.88. The molecule has 4 rings (SSSR count). The van der Waals surface area contributed by atoms with E-state index in [1.165, 1.54) is 0 Å². The predicted molar refractivity (Wildman–Crippen MR) is 144 cm³/mol. The van der Waals surface area contributed by atoms with Gasteiger partial charge in [0.1, 0.15) is 17.5 Å². The zero-order chi connectivity index (χ0) is 28.4. The average Bonchev–Trinajstić information content (AvgIpc) is 2.90. The Hall–Kier alpha value is -4.18. The molecule has 0 spiro atoms. The number of amides is 1. The van der Waals surface area contributed by atoms with E-state index in [0.29, 0.717) is 23.2 Å². The van der Waals surface area contributed by atoms with Gasteiger partial charge in [0.05, 0.1) is 17.4 Å². The molecule has 0 aliphatic rings.